The molecule has 1 aromatic heterocycles. The zero-order chi connectivity index (χ0) is 22.3. The van der Waals surface area contributed by atoms with Crippen LogP contribution in [0.5, 0.6) is 11.5 Å². The number of rotatable bonds is 5. The third-order valence-corrected chi connectivity index (χ3v) is 7.88. The van der Waals surface area contributed by atoms with Crippen molar-refractivity contribution in [3.05, 3.63) is 87.1 Å². The molecule has 0 radical (unpaired) electrons. The molecule has 1 heterocycles. The van der Waals surface area contributed by atoms with E-state index in [2.05, 4.69) is 15.9 Å². The monoisotopic (exact) mass is 617 g/mol. The zero-order valence-corrected chi connectivity index (χ0v) is 20.6. The van der Waals surface area contributed by atoms with Crippen LogP contribution in [-0.4, -0.2) is 12.4 Å². The summed E-state index contributed by atoms with van der Waals surface area (Å²) in [7, 11) is -3.91. The van der Waals surface area contributed by atoms with Crippen molar-refractivity contribution in [3.63, 3.8) is 0 Å². The topological polar surface area (TPSA) is 48.3 Å². The minimum atomic E-state index is -3.91. The van der Waals surface area contributed by atoms with Crippen LogP contribution >= 0.6 is 38.5 Å². The lowest BCUT2D eigenvalue weighted by molar-refractivity contribution is 0.438. The van der Waals surface area contributed by atoms with Crippen LogP contribution in [-0.2, 0) is 15.4 Å². The quantitative estimate of drug-likeness (QED) is 0.184. The smallest absolute Gasteiger partial charge is 0.268 e. The van der Waals surface area contributed by atoms with E-state index in [4.69, 9.17) is 4.74 Å². The molecule has 0 saturated heterocycles. The highest BCUT2D eigenvalue weighted by Crippen LogP contribution is 2.37. The largest absolute Gasteiger partial charge is 0.454 e. The van der Waals surface area contributed by atoms with Gasteiger partial charge in [-0.1, -0.05) is 33.6 Å². The number of fused-ring (bicyclic) bond motifs is 1. The number of halogens is 4. The van der Waals surface area contributed by atoms with E-state index in [1.807, 2.05) is 29.5 Å². The number of aromatic nitrogens is 1. The van der Waals surface area contributed by atoms with Gasteiger partial charge in [0.2, 0.25) is 0 Å². The Morgan fingerprint density at radius 2 is 1.74 bits per heavy atom. The summed E-state index contributed by atoms with van der Waals surface area (Å²) in [4.78, 5) is 0.109. The Balaban J connectivity index is 1.85. The first-order valence-electron chi connectivity index (χ1n) is 9.06. The summed E-state index contributed by atoms with van der Waals surface area (Å²) < 4.78 is 62.1. The van der Waals surface area contributed by atoms with Crippen LogP contribution < -0.4 is 4.74 Å². The van der Waals surface area contributed by atoms with Crippen LogP contribution in [0.15, 0.2) is 65.7 Å². The lowest BCUT2D eigenvalue weighted by atomic mass is 10.1. The van der Waals surface area contributed by atoms with Gasteiger partial charge in [0.1, 0.15) is 11.6 Å². The summed E-state index contributed by atoms with van der Waals surface area (Å²) in [5, 5.41) is 0.754. The molecule has 31 heavy (non-hydrogen) atoms. The number of benzene rings is 3. The predicted molar refractivity (Wildman–Crippen MR) is 127 cm³/mol. The van der Waals surface area contributed by atoms with Crippen molar-refractivity contribution in [2.75, 3.05) is 0 Å². The van der Waals surface area contributed by atoms with Crippen LogP contribution in [0.4, 0.5) is 8.78 Å². The van der Waals surface area contributed by atoms with Gasteiger partial charge in [0.15, 0.2) is 11.6 Å². The van der Waals surface area contributed by atoms with Gasteiger partial charge in [-0.15, -0.1) is 0 Å². The maximum atomic E-state index is 15.1. The van der Waals surface area contributed by atoms with Crippen molar-refractivity contribution in [1.82, 2.24) is 3.97 Å². The van der Waals surface area contributed by atoms with E-state index < -0.39 is 21.7 Å². The molecule has 4 nitrogen and oxygen atoms in total. The maximum Gasteiger partial charge on any atom is 0.268 e. The summed E-state index contributed by atoms with van der Waals surface area (Å²) in [6.07, 6.45) is 1.40. The highest BCUT2D eigenvalue weighted by molar-refractivity contribution is 14.1. The minimum absolute atomic E-state index is 0.0442. The molecular formula is C22H15BrF2INO3S. The Labute approximate surface area is 200 Å². The van der Waals surface area contributed by atoms with Gasteiger partial charge in [0.25, 0.3) is 10.0 Å². The van der Waals surface area contributed by atoms with Crippen molar-refractivity contribution in [2.45, 2.75) is 17.1 Å². The summed E-state index contributed by atoms with van der Waals surface area (Å²) in [6, 6.07) is 13.3. The van der Waals surface area contributed by atoms with Crippen LogP contribution in [0.3, 0.4) is 0 Å². The first kappa shape index (κ1) is 22.2. The molecule has 0 bridgehead atoms. The number of aryl methyl sites for hydroxylation is 1. The van der Waals surface area contributed by atoms with Gasteiger partial charge in [-0.2, -0.15) is 0 Å². The van der Waals surface area contributed by atoms with Crippen molar-refractivity contribution in [2.24, 2.45) is 0 Å². The van der Waals surface area contributed by atoms with Crippen molar-refractivity contribution in [1.29, 1.82) is 0 Å². The van der Waals surface area contributed by atoms with E-state index in [9.17, 15) is 12.8 Å². The molecule has 0 aliphatic rings. The molecule has 0 fully saturated rings. The Hall–Kier alpha value is -1.98. The molecule has 4 aromatic rings. The highest BCUT2D eigenvalue weighted by atomic mass is 127. The minimum Gasteiger partial charge on any atom is -0.454 e. The average molecular weight is 618 g/mol. The lowest BCUT2D eigenvalue weighted by Gasteiger charge is -2.14. The van der Waals surface area contributed by atoms with Gasteiger partial charge in [-0.05, 0) is 65.9 Å². The zero-order valence-electron chi connectivity index (χ0n) is 16.1. The predicted octanol–water partition coefficient (Wildman–Crippen LogP) is 6.76. The third-order valence-electron chi connectivity index (χ3n) is 4.79. The van der Waals surface area contributed by atoms with Gasteiger partial charge >= 0.3 is 0 Å². The lowest BCUT2D eigenvalue weighted by Crippen LogP contribution is -2.12. The second-order valence-corrected chi connectivity index (χ2v) is 10.4. The molecule has 0 saturated carbocycles. The Kier molecular flexibility index (Phi) is 6.10. The number of alkyl halides is 1. The van der Waals surface area contributed by atoms with Crippen molar-refractivity contribution in [3.8, 4) is 11.5 Å². The van der Waals surface area contributed by atoms with E-state index in [1.165, 1.54) is 36.5 Å². The van der Waals surface area contributed by atoms with Gasteiger partial charge in [-0.25, -0.2) is 21.2 Å². The normalized spacial score (nSPS) is 11.8. The summed E-state index contributed by atoms with van der Waals surface area (Å²) >= 11 is 5.17. The first-order chi connectivity index (χ1) is 14.7. The highest BCUT2D eigenvalue weighted by Gasteiger charge is 2.23. The fourth-order valence-electron chi connectivity index (χ4n) is 3.21. The number of ether oxygens (including phenoxy) is 1. The standard InChI is InChI=1S/C22H15BrF2INO3S/c1-13-2-5-15(6-3-13)31(28,29)27-9-8-16-17(12-23)22(19(25)11-21(16)27)30-14-4-7-18(24)20(26)10-14/h2-11H,12H2,1H3. The molecule has 0 amide bonds. The van der Waals surface area contributed by atoms with Gasteiger partial charge < -0.3 is 4.74 Å². The Bertz CT molecular complexity index is 1400. The van der Waals surface area contributed by atoms with Crippen LogP contribution in [0.2, 0.25) is 0 Å². The molecule has 0 aliphatic carbocycles. The SMILES string of the molecule is Cc1ccc(S(=O)(=O)n2ccc3c(CBr)c(Oc4ccc(F)c(I)c4)c(F)cc32)cc1. The van der Waals surface area contributed by atoms with Crippen molar-refractivity contribution >= 4 is 59.4 Å². The van der Waals surface area contributed by atoms with Gasteiger partial charge in [-0.3, -0.25) is 0 Å². The van der Waals surface area contributed by atoms with Crippen molar-refractivity contribution < 1.29 is 21.9 Å². The average Bonchev–Trinajstić information content (AvgIpc) is 3.15. The van der Waals surface area contributed by atoms with Crippen LogP contribution in [0, 0.1) is 22.1 Å². The number of nitrogens with zero attached hydrogens (tertiary/aromatic N) is 1. The van der Waals surface area contributed by atoms with Crippen LogP contribution in [0.25, 0.3) is 10.9 Å². The molecular weight excluding hydrogens is 603 g/mol. The van der Waals surface area contributed by atoms with Gasteiger partial charge in [0.05, 0.1) is 14.0 Å². The first-order valence-corrected chi connectivity index (χ1v) is 12.7. The molecule has 0 spiro atoms. The second-order valence-electron chi connectivity index (χ2n) is 6.84. The molecule has 4 rings (SSSR count). The van der Waals surface area contributed by atoms with E-state index in [-0.39, 0.29) is 27.2 Å². The Morgan fingerprint density at radius 3 is 2.39 bits per heavy atom. The number of hydrogen-bond donors (Lipinski definition) is 0. The third kappa shape index (κ3) is 4.10. The fraction of sp³-hybridized carbons (Fsp3) is 0.0909. The van der Waals surface area contributed by atoms with Gasteiger partial charge in [0, 0.05) is 28.5 Å². The molecule has 160 valence electrons. The number of hydrogen-bond acceptors (Lipinski definition) is 3. The molecule has 0 N–H and O–H groups in total. The summed E-state index contributed by atoms with van der Waals surface area (Å²) in [5.41, 5.74) is 1.59. The van der Waals surface area contributed by atoms with E-state index in [0.717, 1.165) is 15.6 Å². The molecule has 3 aromatic carbocycles. The fourth-order valence-corrected chi connectivity index (χ4v) is 5.59. The van der Waals surface area contributed by atoms with E-state index in [0.29, 0.717) is 14.5 Å². The van der Waals surface area contributed by atoms with E-state index in [1.54, 1.807) is 18.2 Å². The van der Waals surface area contributed by atoms with E-state index >= 15 is 4.39 Å². The Morgan fingerprint density at radius 1 is 1.03 bits per heavy atom. The molecule has 0 atom stereocenters. The molecule has 9 heteroatoms. The molecule has 0 aliphatic heterocycles. The summed E-state index contributed by atoms with van der Waals surface area (Å²) in [6.45, 7) is 1.86. The van der Waals surface area contributed by atoms with Crippen LogP contribution in [0.1, 0.15) is 11.1 Å². The summed E-state index contributed by atoms with van der Waals surface area (Å²) in [5.74, 6) is -0.890. The molecule has 0 unspecified atom stereocenters. The maximum absolute atomic E-state index is 15.1. The second kappa shape index (κ2) is 8.51.